The van der Waals surface area contributed by atoms with Gasteiger partial charge in [-0.2, -0.15) is 0 Å². The lowest BCUT2D eigenvalue weighted by molar-refractivity contribution is 0.123. The molecule has 2 aromatic rings. The zero-order valence-electron chi connectivity index (χ0n) is 12.1. The van der Waals surface area contributed by atoms with E-state index in [2.05, 4.69) is 22.0 Å². The van der Waals surface area contributed by atoms with Gasteiger partial charge in [-0.1, -0.05) is 71.1 Å². The van der Waals surface area contributed by atoms with Gasteiger partial charge < -0.3 is 4.74 Å². The molecule has 3 rings (SSSR count). The maximum atomic E-state index is 6.27. The van der Waals surface area contributed by atoms with Crippen molar-refractivity contribution in [1.82, 2.24) is 0 Å². The molecule has 1 saturated carbocycles. The largest absolute Gasteiger partial charge is 0.492 e. The van der Waals surface area contributed by atoms with Crippen LogP contribution in [0.5, 0.6) is 5.75 Å². The van der Waals surface area contributed by atoms with Crippen LogP contribution in [-0.2, 0) is 0 Å². The Morgan fingerprint density at radius 2 is 1.71 bits per heavy atom. The Hall–Kier alpha value is -0.730. The van der Waals surface area contributed by atoms with Gasteiger partial charge in [0.15, 0.2) is 0 Å². The molecule has 2 aromatic carbocycles. The minimum atomic E-state index is 0.291. The van der Waals surface area contributed by atoms with Gasteiger partial charge in [0.1, 0.15) is 5.75 Å². The highest BCUT2D eigenvalue weighted by Crippen LogP contribution is 2.39. The molecule has 0 aromatic heterocycles. The number of fused-ring (bicyclic) bond motifs is 1. The number of hydrogen-bond acceptors (Lipinski definition) is 1. The highest BCUT2D eigenvalue weighted by atomic mass is 79.9. The predicted molar refractivity (Wildman–Crippen MR) is 93.8 cm³/mol. The van der Waals surface area contributed by atoms with Crippen LogP contribution in [0.3, 0.4) is 0 Å². The van der Waals surface area contributed by atoms with Gasteiger partial charge in [-0.25, -0.2) is 0 Å². The Morgan fingerprint density at radius 3 is 2.43 bits per heavy atom. The topological polar surface area (TPSA) is 9.23 Å². The number of hydrogen-bond donors (Lipinski definition) is 0. The normalized spacial score (nSPS) is 17.8. The van der Waals surface area contributed by atoms with Gasteiger partial charge in [0, 0.05) is 26.5 Å². The molecule has 112 valence electrons. The van der Waals surface area contributed by atoms with Gasteiger partial charge in [0.05, 0.1) is 6.61 Å². The number of halogens is 2. The molecule has 0 atom stereocenters. The Balaban J connectivity index is 1.83. The fourth-order valence-corrected chi connectivity index (χ4v) is 4.16. The number of alkyl halides is 1. The van der Waals surface area contributed by atoms with Crippen molar-refractivity contribution in [3.05, 3.63) is 41.4 Å². The van der Waals surface area contributed by atoms with E-state index in [9.17, 15) is 0 Å². The van der Waals surface area contributed by atoms with Crippen molar-refractivity contribution in [3.8, 4) is 5.75 Å². The first-order valence-electron chi connectivity index (χ1n) is 7.60. The molecule has 0 aliphatic heterocycles. The van der Waals surface area contributed by atoms with Crippen LogP contribution < -0.4 is 4.74 Å². The highest BCUT2D eigenvalue weighted by molar-refractivity contribution is 9.09. The predicted octanol–water partition coefficient (Wildman–Crippen LogP) is 6.22. The molecule has 3 heteroatoms. The lowest BCUT2D eigenvalue weighted by Gasteiger charge is -2.35. The number of benzene rings is 2. The summed E-state index contributed by atoms with van der Waals surface area (Å²) >= 11 is 9.97. The Morgan fingerprint density at radius 1 is 1.00 bits per heavy atom. The second-order valence-electron chi connectivity index (χ2n) is 6.07. The summed E-state index contributed by atoms with van der Waals surface area (Å²) in [5.41, 5.74) is 0.291. The summed E-state index contributed by atoms with van der Waals surface area (Å²) in [4.78, 5) is 0. The van der Waals surface area contributed by atoms with Crippen molar-refractivity contribution in [2.24, 2.45) is 5.41 Å². The first-order chi connectivity index (χ1) is 10.2. The molecular weight excluding hydrogens is 348 g/mol. The van der Waals surface area contributed by atoms with E-state index in [0.717, 1.165) is 33.5 Å². The van der Waals surface area contributed by atoms with Gasteiger partial charge >= 0.3 is 0 Å². The van der Waals surface area contributed by atoms with Crippen LogP contribution in [0.1, 0.15) is 32.1 Å². The minimum absolute atomic E-state index is 0.291. The van der Waals surface area contributed by atoms with Gasteiger partial charge in [-0.15, -0.1) is 0 Å². The third kappa shape index (κ3) is 3.22. The average Bonchev–Trinajstić information content (AvgIpc) is 2.55. The summed E-state index contributed by atoms with van der Waals surface area (Å²) in [5.74, 6) is 0.945. The molecule has 1 aliphatic carbocycles. The number of ether oxygens (including phenoxy) is 1. The van der Waals surface area contributed by atoms with E-state index in [1.54, 1.807) is 0 Å². The van der Waals surface area contributed by atoms with E-state index in [1.165, 1.54) is 32.1 Å². The summed E-state index contributed by atoms with van der Waals surface area (Å²) in [6.07, 6.45) is 6.50. The van der Waals surface area contributed by atoms with Gasteiger partial charge in [0.2, 0.25) is 0 Å². The molecular formula is C18H20BrClO. The lowest BCUT2D eigenvalue weighted by Crippen LogP contribution is -2.32. The van der Waals surface area contributed by atoms with Crippen molar-refractivity contribution >= 4 is 38.3 Å². The molecule has 0 saturated heterocycles. The van der Waals surface area contributed by atoms with Gasteiger partial charge in [0.25, 0.3) is 0 Å². The SMILES string of the molecule is Clc1ccc(OCC2(CBr)CCCCC2)c2ccccc12. The molecule has 1 fully saturated rings. The second-order valence-corrected chi connectivity index (χ2v) is 7.04. The van der Waals surface area contributed by atoms with Gasteiger partial charge in [-0.05, 0) is 25.0 Å². The molecule has 0 spiro atoms. The molecule has 1 aliphatic rings. The van der Waals surface area contributed by atoms with Crippen LogP contribution in [0, 0.1) is 5.41 Å². The zero-order chi connectivity index (χ0) is 14.7. The molecule has 0 unspecified atom stereocenters. The minimum Gasteiger partial charge on any atom is -0.492 e. The maximum Gasteiger partial charge on any atom is 0.127 e. The summed E-state index contributed by atoms with van der Waals surface area (Å²) < 4.78 is 6.22. The van der Waals surface area contributed by atoms with E-state index in [0.29, 0.717) is 5.41 Å². The summed E-state index contributed by atoms with van der Waals surface area (Å²) in [7, 11) is 0. The smallest absolute Gasteiger partial charge is 0.127 e. The van der Waals surface area contributed by atoms with Crippen LogP contribution >= 0.6 is 27.5 Å². The molecule has 21 heavy (non-hydrogen) atoms. The Bertz CT molecular complexity index is 620. The Kier molecular flexibility index (Phi) is 4.75. The van der Waals surface area contributed by atoms with E-state index in [1.807, 2.05) is 30.3 Å². The third-order valence-electron chi connectivity index (χ3n) is 4.56. The van der Waals surface area contributed by atoms with Crippen molar-refractivity contribution in [1.29, 1.82) is 0 Å². The molecule has 0 bridgehead atoms. The van der Waals surface area contributed by atoms with Crippen LogP contribution in [0.4, 0.5) is 0 Å². The summed E-state index contributed by atoms with van der Waals surface area (Å²) in [6.45, 7) is 0.782. The molecule has 1 nitrogen and oxygen atoms in total. The van der Waals surface area contributed by atoms with E-state index in [4.69, 9.17) is 16.3 Å². The van der Waals surface area contributed by atoms with E-state index in [-0.39, 0.29) is 0 Å². The standard InChI is InChI=1S/C18H20BrClO/c19-12-18(10-4-1-5-11-18)13-21-17-9-8-16(20)14-6-2-3-7-15(14)17/h2-3,6-9H,1,4-5,10-13H2. The lowest BCUT2D eigenvalue weighted by atomic mass is 9.76. The van der Waals surface area contributed by atoms with Crippen LogP contribution in [0.25, 0.3) is 10.8 Å². The zero-order valence-corrected chi connectivity index (χ0v) is 14.4. The summed E-state index contributed by atoms with van der Waals surface area (Å²) in [5, 5.41) is 3.97. The quantitative estimate of drug-likeness (QED) is 0.583. The molecule has 0 N–H and O–H groups in total. The molecule has 0 heterocycles. The van der Waals surface area contributed by atoms with Crippen LogP contribution in [0.15, 0.2) is 36.4 Å². The fraction of sp³-hybridized carbons (Fsp3) is 0.444. The van der Waals surface area contributed by atoms with Gasteiger partial charge in [-0.3, -0.25) is 0 Å². The Labute approximate surface area is 139 Å². The van der Waals surface area contributed by atoms with Crippen molar-refractivity contribution in [3.63, 3.8) is 0 Å². The van der Waals surface area contributed by atoms with E-state index < -0.39 is 0 Å². The first-order valence-corrected chi connectivity index (χ1v) is 9.10. The highest BCUT2D eigenvalue weighted by Gasteiger charge is 2.32. The average molecular weight is 368 g/mol. The maximum absolute atomic E-state index is 6.27. The van der Waals surface area contributed by atoms with Crippen LogP contribution in [-0.4, -0.2) is 11.9 Å². The van der Waals surface area contributed by atoms with Crippen molar-refractivity contribution in [2.75, 3.05) is 11.9 Å². The van der Waals surface area contributed by atoms with Crippen molar-refractivity contribution < 1.29 is 4.74 Å². The molecule has 0 amide bonds. The second kappa shape index (κ2) is 6.58. The van der Waals surface area contributed by atoms with Crippen LogP contribution in [0.2, 0.25) is 5.02 Å². The molecule has 0 radical (unpaired) electrons. The monoisotopic (exact) mass is 366 g/mol. The fourth-order valence-electron chi connectivity index (χ4n) is 3.21. The first kappa shape index (κ1) is 15.2. The third-order valence-corrected chi connectivity index (χ3v) is 6.08. The van der Waals surface area contributed by atoms with Crippen molar-refractivity contribution in [2.45, 2.75) is 32.1 Å². The summed E-state index contributed by atoms with van der Waals surface area (Å²) in [6, 6.07) is 12.1. The van der Waals surface area contributed by atoms with E-state index >= 15 is 0 Å². The number of rotatable bonds is 4.